The van der Waals surface area contributed by atoms with E-state index < -0.39 is 11.4 Å². The van der Waals surface area contributed by atoms with Crippen LogP contribution >= 0.6 is 24.2 Å². The zero-order valence-corrected chi connectivity index (χ0v) is 31.9. The lowest BCUT2D eigenvalue weighted by molar-refractivity contribution is -0.122. The van der Waals surface area contributed by atoms with Gasteiger partial charge in [0.1, 0.15) is 29.3 Å². The van der Waals surface area contributed by atoms with Gasteiger partial charge in [-0.3, -0.25) is 14.6 Å². The highest BCUT2D eigenvalue weighted by Gasteiger charge is 2.25. The number of carbonyl (C=O) groups excluding carboxylic acids is 2. The van der Waals surface area contributed by atoms with Crippen LogP contribution < -0.4 is 15.4 Å². The van der Waals surface area contributed by atoms with E-state index in [4.69, 9.17) is 21.1 Å². The quantitative estimate of drug-likeness (QED) is 0.115. The Bertz CT molecular complexity index is 1540. The largest absolute Gasteiger partial charge is 0.493 e. The molecule has 2 N–H and O–H groups in total. The van der Waals surface area contributed by atoms with Crippen LogP contribution in [-0.4, -0.2) is 108 Å². The van der Waals surface area contributed by atoms with E-state index in [0.29, 0.717) is 61.1 Å². The van der Waals surface area contributed by atoms with Crippen molar-refractivity contribution in [1.82, 2.24) is 30.0 Å². The van der Waals surface area contributed by atoms with Crippen LogP contribution in [0.4, 0.5) is 20.7 Å². The molecule has 0 aliphatic carbocycles. The minimum Gasteiger partial charge on any atom is -0.493 e. The van der Waals surface area contributed by atoms with Crippen molar-refractivity contribution in [3.05, 3.63) is 53.1 Å². The lowest BCUT2D eigenvalue weighted by atomic mass is 10.1. The summed E-state index contributed by atoms with van der Waals surface area (Å²) < 4.78 is 26.1. The van der Waals surface area contributed by atoms with Gasteiger partial charge in [-0.05, 0) is 76.7 Å². The van der Waals surface area contributed by atoms with Crippen molar-refractivity contribution >= 4 is 58.6 Å². The first-order chi connectivity index (χ1) is 23.9. The number of hydrogen-bond acceptors (Lipinski definition) is 10. The second-order valence-electron chi connectivity index (χ2n) is 13.2. The maximum absolute atomic E-state index is 14.6. The number of hydrogen-bond donors (Lipinski definition) is 3. The molecule has 0 saturated carbocycles. The van der Waals surface area contributed by atoms with Gasteiger partial charge in [-0.15, -0.1) is 0 Å². The molecule has 14 heteroatoms. The molecule has 1 aliphatic rings. The van der Waals surface area contributed by atoms with E-state index in [1.807, 2.05) is 50.9 Å². The molecule has 0 unspecified atom stereocenters. The Hall–Kier alpha value is -3.39. The molecule has 1 fully saturated rings. The number of nitrogens with one attached hydrogen (secondary N) is 2. The molecule has 11 nitrogen and oxygen atoms in total. The number of amides is 2. The lowest BCUT2D eigenvalue weighted by Gasteiger charge is -2.35. The van der Waals surface area contributed by atoms with Gasteiger partial charge in [0, 0.05) is 63.0 Å². The zero-order chi connectivity index (χ0) is 36.7. The van der Waals surface area contributed by atoms with Crippen LogP contribution in [0.1, 0.15) is 58.9 Å². The van der Waals surface area contributed by atoms with E-state index in [2.05, 4.69) is 45.1 Å². The fourth-order valence-corrected chi connectivity index (χ4v) is 5.56. The molecule has 2 amide bonds. The first kappa shape index (κ1) is 41.0. The van der Waals surface area contributed by atoms with E-state index in [-0.39, 0.29) is 23.6 Å². The van der Waals surface area contributed by atoms with Gasteiger partial charge < -0.3 is 25.0 Å². The van der Waals surface area contributed by atoms with Crippen molar-refractivity contribution in [3.63, 3.8) is 0 Å². The van der Waals surface area contributed by atoms with Gasteiger partial charge in [0.2, 0.25) is 5.91 Å². The van der Waals surface area contributed by atoms with Gasteiger partial charge in [0.25, 0.3) is 0 Å². The summed E-state index contributed by atoms with van der Waals surface area (Å²) in [6.45, 7) is 13.2. The first-order valence-electron chi connectivity index (χ1n) is 17.1. The number of aromatic nitrogens is 2. The van der Waals surface area contributed by atoms with Crippen LogP contribution in [0.5, 0.6) is 5.75 Å². The maximum Gasteiger partial charge on any atom is 0.410 e. The summed E-state index contributed by atoms with van der Waals surface area (Å²) in [5.74, 6) is 0.627. The predicted molar refractivity (Wildman–Crippen MR) is 202 cm³/mol. The number of unbranched alkanes of at least 4 members (excludes halogenated alkanes) is 2. The van der Waals surface area contributed by atoms with Crippen molar-refractivity contribution < 1.29 is 23.5 Å². The predicted octanol–water partition coefficient (Wildman–Crippen LogP) is 6.77. The average Bonchev–Trinajstić information content (AvgIpc) is 3.07. The van der Waals surface area contributed by atoms with Crippen molar-refractivity contribution in [2.24, 2.45) is 0 Å². The van der Waals surface area contributed by atoms with E-state index in [9.17, 15) is 14.0 Å². The number of carbonyl (C=O) groups is 2. The summed E-state index contributed by atoms with van der Waals surface area (Å²) in [5.41, 5.74) is 1.42. The summed E-state index contributed by atoms with van der Waals surface area (Å²) in [4.78, 5) is 39.5. The minimum atomic E-state index is -0.535. The molecule has 1 aliphatic heterocycles. The molecule has 276 valence electrons. The van der Waals surface area contributed by atoms with Crippen LogP contribution in [-0.2, 0) is 16.1 Å². The van der Waals surface area contributed by atoms with Crippen molar-refractivity contribution in [2.45, 2.75) is 65.5 Å². The van der Waals surface area contributed by atoms with Crippen LogP contribution in [0.3, 0.4) is 0 Å². The topological polar surface area (TPSA) is 112 Å². The SMILES string of the molecule is CCCCCNC(=O)CN(C)Cc1cc(F)c(Cl)cc1Nc1ncnc2cc(OCCCN3CCN(C(=O)OC(C)(C)C)CC3)ccc12.CS. The highest BCUT2D eigenvalue weighted by molar-refractivity contribution is 7.79. The van der Waals surface area contributed by atoms with Crippen molar-refractivity contribution in [1.29, 1.82) is 0 Å². The number of anilines is 2. The number of rotatable bonds is 15. The molecule has 3 aromatic rings. The molecule has 0 radical (unpaired) electrons. The number of halogens is 2. The number of benzene rings is 2. The standard InChI is InChI=1S/C35H49ClFN7O4.CH4S/c1-6-7-8-12-38-32(45)23-42(5)22-25-19-29(37)28(36)21-30(25)41-33-27-11-10-26(20-31(27)39-24-40-33)47-18-9-13-43-14-16-44(17-15-43)34(46)48-35(2,3)4;1-2/h10-11,19-21,24H,6-9,12-18,22-23H2,1-5H3,(H,38,45)(H,39,40,41);2H,1H3. The second kappa shape index (κ2) is 20.5. The number of fused-ring (bicyclic) bond motifs is 1. The van der Waals surface area contributed by atoms with E-state index in [0.717, 1.165) is 50.7 Å². The molecule has 0 atom stereocenters. The zero-order valence-electron chi connectivity index (χ0n) is 30.2. The monoisotopic (exact) mass is 733 g/mol. The molecular weight excluding hydrogens is 681 g/mol. The van der Waals surface area contributed by atoms with Gasteiger partial charge in [-0.2, -0.15) is 12.6 Å². The molecule has 0 spiro atoms. The van der Waals surface area contributed by atoms with Gasteiger partial charge >= 0.3 is 6.09 Å². The highest BCUT2D eigenvalue weighted by atomic mass is 35.5. The fourth-order valence-electron chi connectivity index (χ4n) is 5.40. The second-order valence-corrected chi connectivity index (χ2v) is 13.6. The Kier molecular flexibility index (Phi) is 16.8. The van der Waals surface area contributed by atoms with Crippen LogP contribution in [0.25, 0.3) is 10.9 Å². The third-order valence-electron chi connectivity index (χ3n) is 7.87. The molecule has 2 heterocycles. The summed E-state index contributed by atoms with van der Waals surface area (Å²) in [7, 11) is 1.82. The Morgan fingerprint density at radius 3 is 2.50 bits per heavy atom. The molecule has 0 bridgehead atoms. The van der Waals surface area contributed by atoms with Gasteiger partial charge in [0.15, 0.2) is 0 Å². The number of ether oxygens (including phenoxy) is 2. The van der Waals surface area contributed by atoms with Gasteiger partial charge in [-0.1, -0.05) is 31.4 Å². The van der Waals surface area contributed by atoms with Crippen molar-refractivity contribution in [3.8, 4) is 5.75 Å². The fraction of sp³-hybridized carbons (Fsp3) is 0.556. The molecule has 1 saturated heterocycles. The Morgan fingerprint density at radius 1 is 1.06 bits per heavy atom. The molecule has 1 aromatic heterocycles. The average molecular weight is 734 g/mol. The summed E-state index contributed by atoms with van der Waals surface area (Å²) in [6, 6.07) is 8.56. The third-order valence-corrected chi connectivity index (χ3v) is 8.16. The number of likely N-dealkylation sites (N-methyl/N-ethyl adjacent to an activating group) is 1. The third kappa shape index (κ3) is 13.4. The summed E-state index contributed by atoms with van der Waals surface area (Å²) in [6.07, 6.45) is 6.84. The Morgan fingerprint density at radius 2 is 1.80 bits per heavy atom. The van der Waals surface area contributed by atoms with Gasteiger partial charge in [0.05, 0.1) is 23.7 Å². The first-order valence-corrected chi connectivity index (χ1v) is 18.4. The minimum absolute atomic E-state index is 0.0171. The highest BCUT2D eigenvalue weighted by Crippen LogP contribution is 2.31. The maximum atomic E-state index is 14.6. The normalized spacial score (nSPS) is 13.5. The number of nitrogens with zero attached hydrogens (tertiary/aromatic N) is 5. The Balaban J connectivity index is 0.00000332. The number of piperazine rings is 1. The Labute approximate surface area is 306 Å². The molecule has 4 rings (SSSR count). The van der Waals surface area contributed by atoms with Gasteiger partial charge in [-0.25, -0.2) is 19.2 Å². The van der Waals surface area contributed by atoms with Crippen LogP contribution in [0, 0.1) is 5.82 Å². The smallest absolute Gasteiger partial charge is 0.410 e. The van der Waals surface area contributed by atoms with Crippen molar-refractivity contribution in [2.75, 3.05) is 71.0 Å². The van der Waals surface area contributed by atoms with Crippen LogP contribution in [0.2, 0.25) is 5.02 Å². The van der Waals surface area contributed by atoms with E-state index in [1.165, 1.54) is 18.5 Å². The van der Waals surface area contributed by atoms with E-state index in [1.54, 1.807) is 11.2 Å². The molecular formula is C36H53ClFN7O4S. The van der Waals surface area contributed by atoms with Crippen LogP contribution in [0.15, 0.2) is 36.7 Å². The lowest BCUT2D eigenvalue weighted by Crippen LogP contribution is -2.50. The molecule has 2 aromatic carbocycles. The van der Waals surface area contributed by atoms with E-state index >= 15 is 0 Å². The molecule has 50 heavy (non-hydrogen) atoms. The summed E-state index contributed by atoms with van der Waals surface area (Å²) in [5, 5.41) is 7.00. The number of thiol groups is 1. The summed E-state index contributed by atoms with van der Waals surface area (Å²) >= 11 is 9.71.